The fourth-order valence-electron chi connectivity index (χ4n) is 4.64. The van der Waals surface area contributed by atoms with Crippen molar-refractivity contribution in [1.29, 1.82) is 0 Å². The highest BCUT2D eigenvalue weighted by Crippen LogP contribution is 2.34. The average molecular weight is 501 g/mol. The molecule has 3 heterocycles. The Kier molecular flexibility index (Phi) is 8.78. The van der Waals surface area contributed by atoms with E-state index < -0.39 is 0 Å². The first kappa shape index (κ1) is 25.8. The third-order valence-electron chi connectivity index (χ3n) is 6.31. The molecule has 0 spiro atoms. The molecule has 8 heteroatoms. The second-order valence-electron chi connectivity index (χ2n) is 8.37. The zero-order chi connectivity index (χ0) is 21.9. The highest BCUT2D eigenvalue weighted by Gasteiger charge is 2.22. The lowest BCUT2D eigenvalue weighted by Gasteiger charge is -2.27. The Morgan fingerprint density at radius 1 is 1.12 bits per heavy atom. The number of rotatable bonds is 7. The van der Waals surface area contributed by atoms with Crippen LogP contribution in [-0.4, -0.2) is 47.5 Å². The van der Waals surface area contributed by atoms with Gasteiger partial charge in [0.1, 0.15) is 11.4 Å². The van der Waals surface area contributed by atoms with E-state index in [0.29, 0.717) is 12.2 Å². The van der Waals surface area contributed by atoms with Crippen LogP contribution in [0.3, 0.4) is 0 Å². The number of carbonyl (C=O) groups excluding carboxylic acids is 1. The second kappa shape index (κ2) is 11.6. The number of benzene rings is 2. The first-order valence-electron chi connectivity index (χ1n) is 11.2. The molecule has 0 fully saturated rings. The first-order valence-corrected chi connectivity index (χ1v) is 11.2. The normalized spacial score (nSPS) is 13.1. The molecule has 1 aliphatic heterocycles. The van der Waals surface area contributed by atoms with Crippen LogP contribution in [0.5, 0.6) is 5.75 Å². The van der Waals surface area contributed by atoms with Gasteiger partial charge in [0.15, 0.2) is 0 Å². The summed E-state index contributed by atoms with van der Waals surface area (Å²) in [6, 6.07) is 16.0. The SMILES string of the molecule is COc1cccc2[nH]c3c(c12)CCN(CCCCNC(=O)c1cc2ccccc2cn1)C3.Cl.Cl. The van der Waals surface area contributed by atoms with Gasteiger partial charge >= 0.3 is 0 Å². The minimum atomic E-state index is -0.106. The summed E-state index contributed by atoms with van der Waals surface area (Å²) >= 11 is 0. The Balaban J connectivity index is 0.00000162. The van der Waals surface area contributed by atoms with Crippen molar-refractivity contribution >= 4 is 52.4 Å². The smallest absolute Gasteiger partial charge is 0.269 e. The summed E-state index contributed by atoms with van der Waals surface area (Å²) < 4.78 is 5.57. The molecule has 0 unspecified atom stereocenters. The van der Waals surface area contributed by atoms with Gasteiger partial charge in [0.2, 0.25) is 0 Å². The fourth-order valence-corrected chi connectivity index (χ4v) is 4.64. The maximum atomic E-state index is 12.4. The van der Waals surface area contributed by atoms with E-state index >= 15 is 0 Å². The number of aromatic amines is 1. The molecule has 34 heavy (non-hydrogen) atoms. The fraction of sp³-hybridized carbons (Fsp3) is 0.308. The monoisotopic (exact) mass is 500 g/mol. The van der Waals surface area contributed by atoms with Crippen molar-refractivity contribution < 1.29 is 9.53 Å². The van der Waals surface area contributed by atoms with E-state index in [4.69, 9.17) is 4.74 Å². The van der Waals surface area contributed by atoms with Crippen LogP contribution in [0.1, 0.15) is 34.6 Å². The first-order chi connectivity index (χ1) is 15.7. The van der Waals surface area contributed by atoms with Gasteiger partial charge < -0.3 is 15.0 Å². The van der Waals surface area contributed by atoms with Crippen molar-refractivity contribution in [2.45, 2.75) is 25.8 Å². The number of nitrogens with one attached hydrogen (secondary N) is 2. The zero-order valence-corrected chi connectivity index (χ0v) is 20.8. The van der Waals surface area contributed by atoms with E-state index in [0.717, 1.165) is 60.9 Å². The van der Waals surface area contributed by atoms with E-state index in [1.807, 2.05) is 42.5 Å². The van der Waals surface area contributed by atoms with E-state index in [-0.39, 0.29) is 30.7 Å². The number of nitrogens with zero attached hydrogens (tertiary/aromatic N) is 2. The Hall–Kier alpha value is -2.80. The van der Waals surface area contributed by atoms with Gasteiger partial charge in [-0.2, -0.15) is 0 Å². The maximum Gasteiger partial charge on any atom is 0.269 e. The van der Waals surface area contributed by atoms with E-state index in [1.54, 1.807) is 13.3 Å². The van der Waals surface area contributed by atoms with Crippen LogP contribution < -0.4 is 10.1 Å². The highest BCUT2D eigenvalue weighted by molar-refractivity contribution is 5.96. The summed E-state index contributed by atoms with van der Waals surface area (Å²) in [7, 11) is 1.73. The van der Waals surface area contributed by atoms with Gasteiger partial charge in [-0.25, -0.2) is 0 Å². The number of carbonyl (C=O) groups is 1. The summed E-state index contributed by atoms with van der Waals surface area (Å²) in [6.07, 6.45) is 4.78. The molecule has 0 saturated heterocycles. The number of hydrogen-bond acceptors (Lipinski definition) is 4. The molecule has 6 nitrogen and oxygen atoms in total. The van der Waals surface area contributed by atoms with Crippen LogP contribution in [0.4, 0.5) is 0 Å². The van der Waals surface area contributed by atoms with Gasteiger partial charge in [-0.05, 0) is 55.0 Å². The lowest BCUT2D eigenvalue weighted by atomic mass is 10.0. The average Bonchev–Trinajstić information content (AvgIpc) is 3.21. The van der Waals surface area contributed by atoms with Gasteiger partial charge in [-0.1, -0.05) is 30.3 Å². The van der Waals surface area contributed by atoms with Crippen LogP contribution in [0, 0.1) is 0 Å². The van der Waals surface area contributed by atoms with Crippen molar-refractivity contribution in [2.75, 3.05) is 26.7 Å². The molecule has 0 aliphatic carbocycles. The van der Waals surface area contributed by atoms with Gasteiger partial charge in [-0.3, -0.25) is 14.7 Å². The minimum Gasteiger partial charge on any atom is -0.496 e. The van der Waals surface area contributed by atoms with Gasteiger partial charge in [0.25, 0.3) is 5.91 Å². The summed E-state index contributed by atoms with van der Waals surface area (Å²) in [5.74, 6) is 0.843. The maximum absolute atomic E-state index is 12.4. The molecule has 0 atom stereocenters. The number of halogens is 2. The number of fused-ring (bicyclic) bond motifs is 4. The van der Waals surface area contributed by atoms with Crippen molar-refractivity contribution in [3.8, 4) is 5.75 Å². The molecule has 180 valence electrons. The topological polar surface area (TPSA) is 70.2 Å². The molecule has 1 aliphatic rings. The predicted molar refractivity (Wildman–Crippen MR) is 142 cm³/mol. The number of methoxy groups -OCH3 is 1. The molecule has 2 N–H and O–H groups in total. The highest BCUT2D eigenvalue weighted by atomic mass is 35.5. The summed E-state index contributed by atoms with van der Waals surface area (Å²) in [4.78, 5) is 22.8. The molecule has 2 aromatic carbocycles. The van der Waals surface area contributed by atoms with Crippen molar-refractivity contribution in [3.63, 3.8) is 0 Å². The third-order valence-corrected chi connectivity index (χ3v) is 6.31. The summed E-state index contributed by atoms with van der Waals surface area (Å²) in [5.41, 5.74) is 4.32. The number of ether oxygens (including phenoxy) is 1. The second-order valence-corrected chi connectivity index (χ2v) is 8.37. The third kappa shape index (κ3) is 5.30. The Bertz CT molecular complexity index is 1270. The largest absolute Gasteiger partial charge is 0.496 e. The van der Waals surface area contributed by atoms with Gasteiger partial charge in [-0.15, -0.1) is 24.8 Å². The molecular weight excluding hydrogens is 471 g/mol. The Morgan fingerprint density at radius 3 is 2.76 bits per heavy atom. The number of aromatic nitrogens is 2. The number of unbranched alkanes of at least 4 members (excludes halogenated alkanes) is 1. The van der Waals surface area contributed by atoms with Crippen LogP contribution in [0.2, 0.25) is 0 Å². The minimum absolute atomic E-state index is 0. The molecular formula is C26H30Cl2N4O2. The molecule has 0 saturated carbocycles. The van der Waals surface area contributed by atoms with Crippen molar-refractivity contribution in [3.05, 3.63) is 71.7 Å². The predicted octanol–water partition coefficient (Wildman–Crippen LogP) is 5.14. The number of hydrogen-bond donors (Lipinski definition) is 2. The van der Waals surface area contributed by atoms with Crippen LogP contribution in [0.15, 0.2) is 54.7 Å². The summed E-state index contributed by atoms with van der Waals surface area (Å²) in [5, 5.41) is 6.32. The van der Waals surface area contributed by atoms with Crippen molar-refractivity contribution in [1.82, 2.24) is 20.2 Å². The number of H-pyrrole nitrogens is 1. The van der Waals surface area contributed by atoms with Gasteiger partial charge in [0.05, 0.1) is 7.11 Å². The van der Waals surface area contributed by atoms with Gasteiger partial charge in [0, 0.05) is 47.8 Å². The Morgan fingerprint density at radius 2 is 1.94 bits per heavy atom. The number of pyridine rings is 1. The van der Waals surface area contributed by atoms with Crippen LogP contribution in [-0.2, 0) is 13.0 Å². The lowest BCUT2D eigenvalue weighted by Crippen LogP contribution is -2.32. The van der Waals surface area contributed by atoms with E-state index in [1.165, 1.54) is 16.6 Å². The molecule has 1 amide bonds. The quantitative estimate of drug-likeness (QED) is 0.344. The standard InChI is InChI=1S/C26H28N4O2.2ClH/c1-32-24-10-6-9-21-25(24)20-11-14-30(17-23(20)29-21)13-5-4-12-27-26(31)22-15-18-7-2-3-8-19(18)16-28-22;;/h2-3,6-10,15-16,29H,4-5,11-14,17H2,1H3,(H,27,31);2*1H. The van der Waals surface area contributed by atoms with Crippen LogP contribution in [0.25, 0.3) is 21.7 Å². The van der Waals surface area contributed by atoms with Crippen LogP contribution >= 0.6 is 24.8 Å². The van der Waals surface area contributed by atoms with Crippen molar-refractivity contribution in [2.24, 2.45) is 0 Å². The lowest BCUT2D eigenvalue weighted by molar-refractivity contribution is 0.0947. The molecule has 0 radical (unpaired) electrons. The van der Waals surface area contributed by atoms with E-state index in [9.17, 15) is 4.79 Å². The molecule has 4 aromatic rings. The zero-order valence-electron chi connectivity index (χ0n) is 19.2. The molecule has 0 bridgehead atoms. The summed E-state index contributed by atoms with van der Waals surface area (Å²) in [6.45, 7) is 3.66. The molecule has 2 aromatic heterocycles. The van der Waals surface area contributed by atoms with E-state index in [2.05, 4.69) is 26.3 Å². The Labute approximate surface area is 211 Å². The number of amides is 1. The molecule has 5 rings (SSSR count).